The summed E-state index contributed by atoms with van der Waals surface area (Å²) in [4.78, 5) is 23.7. The first kappa shape index (κ1) is 22.5. The minimum Gasteiger partial charge on any atom is -0.381 e. The number of hydrogen-bond acceptors (Lipinski definition) is 10. The number of carbonyl (C=O) groups is 1. The number of anilines is 1. The molecule has 1 unspecified atom stereocenters. The Hall–Kier alpha value is -3.93. The molecule has 0 radical (unpaired) electrons. The summed E-state index contributed by atoms with van der Waals surface area (Å²) in [5, 5.41) is 20.3. The summed E-state index contributed by atoms with van der Waals surface area (Å²) in [7, 11) is 0. The van der Waals surface area contributed by atoms with Crippen LogP contribution >= 0.6 is 0 Å². The van der Waals surface area contributed by atoms with E-state index in [4.69, 9.17) is 9.26 Å². The third-order valence-corrected chi connectivity index (χ3v) is 6.77. The fourth-order valence-corrected chi connectivity index (χ4v) is 4.78. The van der Waals surface area contributed by atoms with Crippen molar-refractivity contribution in [2.45, 2.75) is 37.5 Å². The molecule has 6 rings (SSSR count). The molecule has 36 heavy (non-hydrogen) atoms. The van der Waals surface area contributed by atoms with E-state index in [2.05, 4.69) is 35.7 Å². The van der Waals surface area contributed by atoms with Gasteiger partial charge >= 0.3 is 0 Å². The van der Waals surface area contributed by atoms with Crippen molar-refractivity contribution in [2.24, 2.45) is 0 Å². The van der Waals surface area contributed by atoms with Crippen LogP contribution in [-0.2, 0) is 9.53 Å². The number of nitrogens with zero attached hydrogens (tertiary/aromatic N) is 8. The molecular weight excluding hydrogens is 462 g/mol. The van der Waals surface area contributed by atoms with Gasteiger partial charge in [-0.1, -0.05) is 5.16 Å². The second-order valence-electron chi connectivity index (χ2n) is 9.16. The maximum Gasteiger partial charge on any atom is 0.241 e. The minimum absolute atomic E-state index is 0.00186. The van der Waals surface area contributed by atoms with E-state index >= 15 is 0 Å². The number of amides is 1. The fraction of sp³-hybridized carbons (Fsp3) is 0.458. The van der Waals surface area contributed by atoms with Crippen molar-refractivity contribution in [3.05, 3.63) is 48.4 Å². The summed E-state index contributed by atoms with van der Waals surface area (Å²) in [6, 6.07) is 7.34. The van der Waals surface area contributed by atoms with E-state index in [1.165, 1.54) is 0 Å². The third kappa shape index (κ3) is 4.63. The number of nitrogens with one attached hydrogen (secondary N) is 1. The number of aromatic nitrogens is 7. The Bertz CT molecular complexity index is 1330. The monoisotopic (exact) mass is 489 g/mol. The van der Waals surface area contributed by atoms with E-state index in [1.54, 1.807) is 23.0 Å². The summed E-state index contributed by atoms with van der Waals surface area (Å²) < 4.78 is 12.7. The van der Waals surface area contributed by atoms with E-state index in [9.17, 15) is 4.79 Å². The van der Waals surface area contributed by atoms with Gasteiger partial charge in [-0.3, -0.25) is 9.78 Å². The summed E-state index contributed by atoms with van der Waals surface area (Å²) in [5.41, 5.74) is 1.43. The van der Waals surface area contributed by atoms with Gasteiger partial charge in [-0.2, -0.15) is 9.50 Å². The number of carbonyl (C=O) groups excluding carboxylic acids is 1. The standard InChI is InChI=1S/C24H27N9O3/c34-21(14-26-19-5-6-20-28-29-23(33(20)30-19)17-3-1-9-25-13-17)32-10-2-4-18(15-32)24-27-22(31-36-24)16-7-11-35-12-8-16/h1,3,5-6,9,13,16,18H,2,4,7-8,10-12,14-15H2,(H,26,30). The maximum absolute atomic E-state index is 13.0. The van der Waals surface area contributed by atoms with E-state index < -0.39 is 0 Å². The molecule has 0 bridgehead atoms. The van der Waals surface area contributed by atoms with Crippen molar-refractivity contribution in [1.82, 2.24) is 39.8 Å². The lowest BCUT2D eigenvalue weighted by Gasteiger charge is -2.31. The minimum atomic E-state index is 0.00186. The first-order valence-electron chi connectivity index (χ1n) is 12.3. The molecule has 2 saturated heterocycles. The molecule has 2 aliphatic rings. The smallest absolute Gasteiger partial charge is 0.241 e. The van der Waals surface area contributed by atoms with Crippen molar-refractivity contribution in [3.63, 3.8) is 0 Å². The topological polar surface area (TPSA) is 136 Å². The Morgan fingerprint density at radius 3 is 2.89 bits per heavy atom. The van der Waals surface area contributed by atoms with Crippen LogP contribution in [0.4, 0.5) is 5.82 Å². The molecule has 6 heterocycles. The molecule has 1 amide bonds. The Morgan fingerprint density at radius 2 is 2.03 bits per heavy atom. The first-order valence-corrected chi connectivity index (χ1v) is 12.3. The van der Waals surface area contributed by atoms with Gasteiger partial charge in [-0.05, 0) is 49.9 Å². The zero-order valence-electron chi connectivity index (χ0n) is 19.8. The highest BCUT2D eigenvalue weighted by Gasteiger charge is 2.30. The number of pyridine rings is 1. The Labute approximate surface area is 207 Å². The quantitative estimate of drug-likeness (QED) is 0.429. The second kappa shape index (κ2) is 9.97. The molecule has 0 spiro atoms. The van der Waals surface area contributed by atoms with Crippen molar-refractivity contribution in [3.8, 4) is 11.4 Å². The second-order valence-corrected chi connectivity index (χ2v) is 9.16. The van der Waals surface area contributed by atoms with Gasteiger partial charge in [0.2, 0.25) is 11.8 Å². The van der Waals surface area contributed by atoms with Crippen molar-refractivity contribution >= 4 is 17.4 Å². The number of rotatable bonds is 6. The fourth-order valence-electron chi connectivity index (χ4n) is 4.78. The van der Waals surface area contributed by atoms with Crippen LogP contribution in [0.1, 0.15) is 49.2 Å². The van der Waals surface area contributed by atoms with Gasteiger partial charge in [-0.25, -0.2) is 0 Å². The summed E-state index contributed by atoms with van der Waals surface area (Å²) in [5.74, 6) is 2.89. The van der Waals surface area contributed by atoms with Crippen LogP contribution < -0.4 is 5.32 Å². The summed E-state index contributed by atoms with van der Waals surface area (Å²) in [6.45, 7) is 2.88. The molecule has 2 aliphatic heterocycles. The van der Waals surface area contributed by atoms with E-state index in [-0.39, 0.29) is 24.3 Å². The van der Waals surface area contributed by atoms with Gasteiger partial charge in [0.15, 0.2) is 17.3 Å². The van der Waals surface area contributed by atoms with E-state index in [0.717, 1.165) is 50.3 Å². The van der Waals surface area contributed by atoms with Crippen molar-refractivity contribution < 1.29 is 14.1 Å². The molecule has 0 saturated carbocycles. The predicted octanol–water partition coefficient (Wildman–Crippen LogP) is 2.28. The maximum atomic E-state index is 13.0. The Balaban J connectivity index is 1.09. The average molecular weight is 490 g/mol. The highest BCUT2D eigenvalue weighted by molar-refractivity contribution is 5.80. The van der Waals surface area contributed by atoms with E-state index in [0.29, 0.717) is 36.3 Å². The molecular formula is C24H27N9O3. The molecule has 1 atom stereocenters. The van der Waals surface area contributed by atoms with Gasteiger partial charge in [0.1, 0.15) is 5.82 Å². The molecule has 0 aromatic carbocycles. The molecule has 186 valence electrons. The SMILES string of the molecule is O=C(CNc1ccc2nnc(-c3cccnc3)n2n1)N1CCCC(c2nc(C3CCOCC3)no2)C1. The lowest BCUT2D eigenvalue weighted by Crippen LogP contribution is -2.42. The third-order valence-electron chi connectivity index (χ3n) is 6.77. The number of hydrogen-bond donors (Lipinski definition) is 1. The molecule has 12 heteroatoms. The summed E-state index contributed by atoms with van der Waals surface area (Å²) >= 11 is 0. The van der Waals surface area contributed by atoms with Gasteiger partial charge in [0.05, 0.1) is 12.5 Å². The molecule has 4 aromatic heterocycles. The van der Waals surface area contributed by atoms with Gasteiger partial charge in [-0.15, -0.1) is 15.3 Å². The molecule has 0 aliphatic carbocycles. The summed E-state index contributed by atoms with van der Waals surface area (Å²) in [6.07, 6.45) is 7.07. The number of likely N-dealkylation sites (tertiary alicyclic amines) is 1. The zero-order valence-corrected chi connectivity index (χ0v) is 19.8. The van der Waals surface area contributed by atoms with Crippen LogP contribution in [0.2, 0.25) is 0 Å². The zero-order chi connectivity index (χ0) is 24.3. The predicted molar refractivity (Wildman–Crippen MR) is 128 cm³/mol. The van der Waals surface area contributed by atoms with E-state index in [1.807, 2.05) is 23.1 Å². The lowest BCUT2D eigenvalue weighted by molar-refractivity contribution is -0.130. The normalized spacial score (nSPS) is 19.0. The van der Waals surface area contributed by atoms with Gasteiger partial charge < -0.3 is 19.5 Å². The number of fused-ring (bicyclic) bond motifs is 1. The van der Waals surface area contributed by atoms with Crippen LogP contribution in [0.25, 0.3) is 17.0 Å². The van der Waals surface area contributed by atoms with Crippen LogP contribution in [0.5, 0.6) is 0 Å². The molecule has 1 N–H and O–H groups in total. The first-order chi connectivity index (χ1) is 17.7. The van der Waals surface area contributed by atoms with Gasteiger partial charge in [0.25, 0.3) is 0 Å². The molecule has 2 fully saturated rings. The van der Waals surface area contributed by atoms with Crippen LogP contribution in [0, 0.1) is 0 Å². The highest BCUT2D eigenvalue weighted by Crippen LogP contribution is 2.29. The average Bonchev–Trinajstić information content (AvgIpc) is 3.60. The number of piperidine rings is 1. The van der Waals surface area contributed by atoms with Gasteiger partial charge in [0, 0.05) is 50.2 Å². The van der Waals surface area contributed by atoms with Crippen LogP contribution in [0.15, 0.2) is 41.2 Å². The van der Waals surface area contributed by atoms with Crippen molar-refractivity contribution in [2.75, 3.05) is 38.2 Å². The largest absolute Gasteiger partial charge is 0.381 e. The Morgan fingerprint density at radius 1 is 1.11 bits per heavy atom. The Kier molecular flexibility index (Phi) is 6.24. The number of ether oxygens (including phenoxy) is 1. The molecule has 12 nitrogen and oxygen atoms in total. The van der Waals surface area contributed by atoms with Crippen molar-refractivity contribution in [1.29, 1.82) is 0 Å². The molecule has 4 aromatic rings. The highest BCUT2D eigenvalue weighted by atomic mass is 16.5. The van der Waals surface area contributed by atoms with Crippen LogP contribution in [-0.4, -0.2) is 78.6 Å². The van der Waals surface area contributed by atoms with Crippen LogP contribution in [0.3, 0.4) is 0 Å². The lowest BCUT2D eigenvalue weighted by atomic mass is 9.97.